The van der Waals surface area contributed by atoms with E-state index in [0.29, 0.717) is 5.56 Å². The van der Waals surface area contributed by atoms with Gasteiger partial charge >= 0.3 is 0 Å². The molecule has 1 atom stereocenters. The molecule has 0 unspecified atom stereocenters. The third-order valence-corrected chi connectivity index (χ3v) is 4.03. The number of halogens is 1. The number of methoxy groups -OCH3 is 1. The molecule has 2 N–H and O–H groups in total. The summed E-state index contributed by atoms with van der Waals surface area (Å²) < 4.78 is 18.6. The maximum atomic E-state index is 13.7. The number of ether oxygens (including phenoxy) is 1. The van der Waals surface area contributed by atoms with Crippen molar-refractivity contribution >= 4 is 17.5 Å². The van der Waals surface area contributed by atoms with Crippen molar-refractivity contribution in [3.05, 3.63) is 69.5 Å². The molecule has 0 spiro atoms. The summed E-state index contributed by atoms with van der Waals surface area (Å²) in [5.74, 6) is -1.15. The van der Waals surface area contributed by atoms with E-state index in [9.17, 15) is 24.1 Å². The largest absolute Gasteiger partial charge is 0.494 e. The van der Waals surface area contributed by atoms with Crippen molar-refractivity contribution < 1.29 is 23.6 Å². The van der Waals surface area contributed by atoms with Crippen LogP contribution in [0.15, 0.2) is 42.5 Å². The van der Waals surface area contributed by atoms with Crippen LogP contribution in [0.3, 0.4) is 0 Å². The fourth-order valence-electron chi connectivity index (χ4n) is 2.48. The predicted molar refractivity (Wildman–Crippen MR) is 99.6 cm³/mol. The fourth-order valence-corrected chi connectivity index (χ4v) is 2.48. The van der Waals surface area contributed by atoms with Crippen molar-refractivity contribution in [2.45, 2.75) is 19.4 Å². The van der Waals surface area contributed by atoms with Gasteiger partial charge in [-0.05, 0) is 36.8 Å². The van der Waals surface area contributed by atoms with Gasteiger partial charge < -0.3 is 15.4 Å². The van der Waals surface area contributed by atoms with Gasteiger partial charge in [0.1, 0.15) is 0 Å². The number of nitrogens with one attached hydrogen (secondary N) is 2. The zero-order valence-corrected chi connectivity index (χ0v) is 15.4. The highest BCUT2D eigenvalue weighted by Crippen LogP contribution is 2.21. The molecule has 2 aromatic carbocycles. The molecule has 0 aliphatic carbocycles. The number of nitro groups is 1. The van der Waals surface area contributed by atoms with Crippen molar-refractivity contribution in [2.75, 3.05) is 13.7 Å². The first-order chi connectivity index (χ1) is 13.3. The molecule has 8 nitrogen and oxygen atoms in total. The molecule has 0 aliphatic rings. The second-order valence-electron chi connectivity index (χ2n) is 5.99. The first-order valence-corrected chi connectivity index (χ1v) is 8.47. The van der Waals surface area contributed by atoms with Gasteiger partial charge in [0.05, 0.1) is 18.1 Å². The van der Waals surface area contributed by atoms with E-state index in [0.717, 1.165) is 0 Å². The molecule has 0 saturated heterocycles. The van der Waals surface area contributed by atoms with Crippen molar-refractivity contribution in [2.24, 2.45) is 0 Å². The highest BCUT2D eigenvalue weighted by atomic mass is 19.1. The molecule has 0 aromatic heterocycles. The highest BCUT2D eigenvalue weighted by Gasteiger charge is 2.13. The van der Waals surface area contributed by atoms with E-state index in [1.807, 2.05) is 0 Å². The van der Waals surface area contributed by atoms with Crippen molar-refractivity contribution in [3.63, 3.8) is 0 Å². The van der Waals surface area contributed by atoms with E-state index in [1.54, 1.807) is 13.0 Å². The summed E-state index contributed by atoms with van der Waals surface area (Å²) in [6.45, 7) is 1.81. The molecule has 28 heavy (non-hydrogen) atoms. The van der Waals surface area contributed by atoms with E-state index in [-0.39, 0.29) is 35.9 Å². The zero-order valence-electron chi connectivity index (χ0n) is 15.4. The van der Waals surface area contributed by atoms with Crippen LogP contribution in [0.1, 0.15) is 35.3 Å². The minimum Gasteiger partial charge on any atom is -0.494 e. The molecule has 0 fully saturated rings. The van der Waals surface area contributed by atoms with Crippen LogP contribution in [-0.2, 0) is 4.79 Å². The summed E-state index contributed by atoms with van der Waals surface area (Å²) in [5.41, 5.74) is 0.731. The Morgan fingerprint density at radius 2 is 1.89 bits per heavy atom. The molecule has 0 saturated carbocycles. The van der Waals surface area contributed by atoms with Gasteiger partial charge in [-0.15, -0.1) is 0 Å². The van der Waals surface area contributed by atoms with Crippen molar-refractivity contribution in [1.82, 2.24) is 10.6 Å². The Balaban J connectivity index is 1.81. The van der Waals surface area contributed by atoms with Gasteiger partial charge in [-0.3, -0.25) is 19.7 Å². The number of non-ortho nitro benzene ring substituents is 1. The summed E-state index contributed by atoms with van der Waals surface area (Å²) in [7, 11) is 1.37. The number of carbonyl (C=O) groups is 2. The van der Waals surface area contributed by atoms with Gasteiger partial charge in [0.2, 0.25) is 5.91 Å². The van der Waals surface area contributed by atoms with Crippen LogP contribution in [0.5, 0.6) is 5.75 Å². The van der Waals surface area contributed by atoms with Crippen LogP contribution in [0.25, 0.3) is 0 Å². The highest BCUT2D eigenvalue weighted by molar-refractivity contribution is 5.94. The smallest absolute Gasteiger partial charge is 0.269 e. The summed E-state index contributed by atoms with van der Waals surface area (Å²) in [6, 6.07) is 9.16. The first kappa shape index (κ1) is 20.8. The Morgan fingerprint density at radius 1 is 1.21 bits per heavy atom. The van der Waals surface area contributed by atoms with E-state index in [2.05, 4.69) is 10.6 Å². The van der Waals surface area contributed by atoms with Gasteiger partial charge in [0.25, 0.3) is 11.6 Å². The van der Waals surface area contributed by atoms with Gasteiger partial charge in [-0.25, -0.2) is 4.39 Å². The van der Waals surface area contributed by atoms with Gasteiger partial charge in [0.15, 0.2) is 11.6 Å². The summed E-state index contributed by atoms with van der Waals surface area (Å²) >= 11 is 0. The van der Waals surface area contributed by atoms with Gasteiger partial charge in [-0.1, -0.05) is 6.07 Å². The number of hydrogen-bond donors (Lipinski definition) is 2. The molecule has 9 heteroatoms. The van der Waals surface area contributed by atoms with Crippen LogP contribution >= 0.6 is 0 Å². The Bertz CT molecular complexity index is 870. The topological polar surface area (TPSA) is 111 Å². The fraction of sp³-hybridized carbons (Fsp3) is 0.263. The number of hydrogen-bond acceptors (Lipinski definition) is 5. The quantitative estimate of drug-likeness (QED) is 0.533. The molecule has 148 valence electrons. The molecule has 0 aliphatic heterocycles. The monoisotopic (exact) mass is 389 g/mol. The molecular weight excluding hydrogens is 369 g/mol. The standard InChI is InChI=1S/C19H20FN3O5/c1-12(14-5-8-17(28-2)16(20)11-14)22-18(24)9-10-21-19(25)13-3-6-15(7-4-13)23(26)27/h3-8,11-12H,9-10H2,1-2H3,(H,21,25)(H,22,24)/t12-/m0/s1. The Kier molecular flexibility index (Phi) is 7.02. The van der Waals surface area contributed by atoms with Crippen molar-refractivity contribution in [1.29, 1.82) is 0 Å². The predicted octanol–water partition coefficient (Wildman–Crippen LogP) is 2.74. The maximum Gasteiger partial charge on any atom is 0.269 e. The number of nitrogens with zero attached hydrogens (tertiary/aromatic N) is 1. The Labute approximate surface area is 160 Å². The summed E-state index contributed by atoms with van der Waals surface area (Å²) in [5, 5.41) is 15.9. The van der Waals surface area contributed by atoms with E-state index in [1.165, 1.54) is 43.5 Å². The lowest BCUT2D eigenvalue weighted by Crippen LogP contribution is -2.32. The van der Waals surface area contributed by atoms with Crippen LogP contribution in [0.4, 0.5) is 10.1 Å². The Morgan fingerprint density at radius 3 is 2.46 bits per heavy atom. The van der Waals surface area contributed by atoms with Crippen LogP contribution < -0.4 is 15.4 Å². The minimum absolute atomic E-state index is 0.0295. The third-order valence-electron chi connectivity index (χ3n) is 4.03. The minimum atomic E-state index is -0.554. The second kappa shape index (κ2) is 9.45. The first-order valence-electron chi connectivity index (χ1n) is 8.47. The Hall–Kier alpha value is -3.49. The lowest BCUT2D eigenvalue weighted by atomic mass is 10.1. The van der Waals surface area contributed by atoms with Crippen LogP contribution in [-0.4, -0.2) is 30.4 Å². The average Bonchev–Trinajstić information content (AvgIpc) is 2.67. The molecule has 2 rings (SSSR count). The van der Waals surface area contributed by atoms with E-state index in [4.69, 9.17) is 4.74 Å². The van der Waals surface area contributed by atoms with E-state index >= 15 is 0 Å². The SMILES string of the molecule is COc1ccc([C@H](C)NC(=O)CCNC(=O)c2ccc([N+](=O)[O-])cc2)cc1F. The van der Waals surface area contributed by atoms with Crippen LogP contribution in [0, 0.1) is 15.9 Å². The lowest BCUT2D eigenvalue weighted by molar-refractivity contribution is -0.384. The van der Waals surface area contributed by atoms with Gasteiger partial charge in [-0.2, -0.15) is 0 Å². The van der Waals surface area contributed by atoms with Gasteiger partial charge in [0, 0.05) is 30.7 Å². The summed E-state index contributed by atoms with van der Waals surface area (Å²) in [6.07, 6.45) is 0.0295. The number of amides is 2. The molecule has 2 aromatic rings. The maximum absolute atomic E-state index is 13.7. The van der Waals surface area contributed by atoms with Crippen molar-refractivity contribution in [3.8, 4) is 5.75 Å². The number of benzene rings is 2. The summed E-state index contributed by atoms with van der Waals surface area (Å²) in [4.78, 5) is 34.0. The number of carbonyl (C=O) groups excluding carboxylic acids is 2. The van der Waals surface area contributed by atoms with Crippen LogP contribution in [0.2, 0.25) is 0 Å². The van der Waals surface area contributed by atoms with E-state index < -0.39 is 22.7 Å². The average molecular weight is 389 g/mol. The molecule has 0 heterocycles. The molecular formula is C19H20FN3O5. The zero-order chi connectivity index (χ0) is 20.7. The lowest BCUT2D eigenvalue weighted by Gasteiger charge is -2.15. The number of rotatable bonds is 8. The molecule has 0 radical (unpaired) electrons. The number of nitro benzene ring substituents is 1. The molecule has 0 bridgehead atoms. The normalized spacial score (nSPS) is 11.4. The second-order valence-corrected chi connectivity index (χ2v) is 5.99. The molecule has 2 amide bonds. The third kappa shape index (κ3) is 5.50.